The number of para-hydroxylation sites is 1. The molecule has 0 bridgehead atoms. The summed E-state index contributed by atoms with van der Waals surface area (Å²) in [4.78, 5) is 14.7. The third kappa shape index (κ3) is 3.62. The number of ether oxygens (including phenoxy) is 3. The van der Waals surface area contributed by atoms with Crippen LogP contribution < -0.4 is 9.47 Å². The molecule has 0 amide bonds. The van der Waals surface area contributed by atoms with Crippen molar-refractivity contribution in [2.75, 3.05) is 7.11 Å². The molecular weight excluding hydrogens is 424 g/mol. The fraction of sp³-hybridized carbons (Fsp3) is 0.280. The molecule has 1 aliphatic heterocycles. The van der Waals surface area contributed by atoms with Gasteiger partial charge in [-0.2, -0.15) is 5.10 Å². The van der Waals surface area contributed by atoms with Crippen LogP contribution in [0.5, 0.6) is 11.5 Å². The van der Waals surface area contributed by atoms with Crippen molar-refractivity contribution in [3.05, 3.63) is 70.7 Å². The van der Waals surface area contributed by atoms with E-state index in [9.17, 15) is 4.79 Å². The summed E-state index contributed by atoms with van der Waals surface area (Å²) in [5, 5.41) is 5.61. The van der Waals surface area contributed by atoms with Gasteiger partial charge in [-0.25, -0.2) is 9.48 Å². The first-order valence-corrected chi connectivity index (χ1v) is 11.3. The van der Waals surface area contributed by atoms with Crippen LogP contribution in [0.25, 0.3) is 15.9 Å². The van der Waals surface area contributed by atoms with E-state index in [1.165, 1.54) is 11.3 Å². The monoisotopic (exact) mass is 448 g/mol. The summed E-state index contributed by atoms with van der Waals surface area (Å²) in [6.45, 7) is 5.95. The second-order valence-electron chi connectivity index (χ2n) is 8.53. The number of thiophene rings is 1. The van der Waals surface area contributed by atoms with Crippen molar-refractivity contribution in [1.82, 2.24) is 9.78 Å². The van der Waals surface area contributed by atoms with Crippen molar-refractivity contribution >= 4 is 27.5 Å². The highest BCUT2D eigenvalue weighted by Gasteiger charge is 2.36. The highest BCUT2D eigenvalue weighted by molar-refractivity contribution is 7.20. The maximum absolute atomic E-state index is 13.2. The molecule has 7 heteroatoms. The summed E-state index contributed by atoms with van der Waals surface area (Å²) in [5.74, 6) is 1.07. The predicted molar refractivity (Wildman–Crippen MR) is 124 cm³/mol. The molecule has 0 aliphatic carbocycles. The van der Waals surface area contributed by atoms with E-state index in [-0.39, 0.29) is 5.97 Å². The fourth-order valence-electron chi connectivity index (χ4n) is 4.08. The number of carbonyl (C=O) groups excluding carboxylic acids is 1. The quantitative estimate of drug-likeness (QED) is 0.366. The van der Waals surface area contributed by atoms with E-state index in [4.69, 9.17) is 14.2 Å². The Balaban J connectivity index is 1.48. The van der Waals surface area contributed by atoms with Crippen LogP contribution in [0.3, 0.4) is 0 Å². The molecule has 0 fully saturated rings. The Morgan fingerprint density at radius 2 is 1.97 bits per heavy atom. The van der Waals surface area contributed by atoms with E-state index in [1.54, 1.807) is 7.11 Å². The van der Waals surface area contributed by atoms with E-state index < -0.39 is 11.7 Å². The van der Waals surface area contributed by atoms with Gasteiger partial charge in [-0.15, -0.1) is 11.3 Å². The van der Waals surface area contributed by atoms with Crippen LogP contribution in [0.2, 0.25) is 0 Å². The Labute approximate surface area is 190 Å². The van der Waals surface area contributed by atoms with E-state index in [2.05, 4.69) is 5.10 Å². The standard InChI is InChI=1S/C25H24N2O4S/c1-15-18-13-22(32-23(18)27(26-15)16-8-6-5-7-9-16)24(28)30-21-14-25(2,3)31-20-11-10-17(29-4)12-19(20)21/h5-13,21H,14H2,1-4H3. The molecule has 0 N–H and O–H groups in total. The van der Waals surface area contributed by atoms with Crippen LogP contribution in [-0.4, -0.2) is 28.5 Å². The smallest absolute Gasteiger partial charge is 0.349 e. The van der Waals surface area contributed by atoms with E-state index in [0.29, 0.717) is 22.8 Å². The van der Waals surface area contributed by atoms with Crippen LogP contribution in [0, 0.1) is 6.92 Å². The summed E-state index contributed by atoms with van der Waals surface area (Å²) in [6.07, 6.45) is 0.133. The van der Waals surface area contributed by atoms with E-state index in [1.807, 2.05) is 80.1 Å². The number of esters is 1. The molecule has 32 heavy (non-hydrogen) atoms. The minimum atomic E-state index is -0.447. The first-order valence-electron chi connectivity index (χ1n) is 10.5. The first kappa shape index (κ1) is 20.6. The number of carbonyl (C=O) groups is 1. The minimum Gasteiger partial charge on any atom is -0.497 e. The molecule has 0 saturated heterocycles. The molecule has 2 aromatic carbocycles. The van der Waals surface area contributed by atoms with Gasteiger partial charge < -0.3 is 14.2 Å². The number of hydrogen-bond donors (Lipinski definition) is 0. The lowest BCUT2D eigenvalue weighted by molar-refractivity contribution is -0.0159. The predicted octanol–water partition coefficient (Wildman–Crippen LogP) is 5.86. The normalized spacial score (nSPS) is 16.9. The molecule has 1 atom stereocenters. The number of fused-ring (bicyclic) bond motifs is 2. The molecule has 6 nitrogen and oxygen atoms in total. The number of aromatic nitrogens is 2. The number of benzene rings is 2. The van der Waals surface area contributed by atoms with Crippen molar-refractivity contribution in [3.8, 4) is 17.2 Å². The molecule has 0 spiro atoms. The van der Waals surface area contributed by atoms with Gasteiger partial charge in [0.15, 0.2) is 0 Å². The number of hydrogen-bond acceptors (Lipinski definition) is 6. The average molecular weight is 449 g/mol. The lowest BCUT2D eigenvalue weighted by atomic mass is 9.91. The summed E-state index contributed by atoms with van der Waals surface area (Å²) in [5.41, 5.74) is 2.21. The highest BCUT2D eigenvalue weighted by atomic mass is 32.1. The van der Waals surface area contributed by atoms with Gasteiger partial charge in [0.1, 0.15) is 32.9 Å². The van der Waals surface area contributed by atoms with Gasteiger partial charge in [-0.3, -0.25) is 0 Å². The van der Waals surface area contributed by atoms with Gasteiger partial charge in [0.05, 0.1) is 18.5 Å². The Morgan fingerprint density at radius 3 is 2.72 bits per heavy atom. The number of rotatable bonds is 4. The van der Waals surface area contributed by atoms with Crippen molar-refractivity contribution < 1.29 is 19.0 Å². The van der Waals surface area contributed by atoms with Gasteiger partial charge in [0, 0.05) is 17.4 Å². The van der Waals surface area contributed by atoms with Crippen molar-refractivity contribution in [2.45, 2.75) is 38.9 Å². The number of methoxy groups -OCH3 is 1. The van der Waals surface area contributed by atoms with Crippen LogP contribution >= 0.6 is 11.3 Å². The van der Waals surface area contributed by atoms with Crippen LogP contribution in [0.15, 0.2) is 54.6 Å². The molecule has 2 aromatic heterocycles. The lowest BCUT2D eigenvalue weighted by Gasteiger charge is -2.37. The van der Waals surface area contributed by atoms with Crippen molar-refractivity contribution in [1.29, 1.82) is 0 Å². The van der Waals surface area contributed by atoms with Crippen LogP contribution in [0.1, 0.15) is 47.3 Å². The molecule has 164 valence electrons. The molecule has 1 aliphatic rings. The summed E-state index contributed by atoms with van der Waals surface area (Å²) >= 11 is 1.40. The van der Waals surface area contributed by atoms with Gasteiger partial charge in [0.25, 0.3) is 0 Å². The summed E-state index contributed by atoms with van der Waals surface area (Å²) < 4.78 is 19.4. The zero-order valence-corrected chi connectivity index (χ0v) is 19.2. The van der Waals surface area contributed by atoms with Crippen molar-refractivity contribution in [3.63, 3.8) is 0 Å². The van der Waals surface area contributed by atoms with E-state index >= 15 is 0 Å². The second kappa shape index (κ2) is 7.67. The topological polar surface area (TPSA) is 62.6 Å². The molecule has 5 rings (SSSR count). The zero-order chi connectivity index (χ0) is 22.5. The Morgan fingerprint density at radius 1 is 1.19 bits per heavy atom. The average Bonchev–Trinajstić information content (AvgIpc) is 3.34. The third-order valence-electron chi connectivity index (χ3n) is 5.62. The molecule has 4 aromatic rings. The second-order valence-corrected chi connectivity index (χ2v) is 9.56. The maximum Gasteiger partial charge on any atom is 0.349 e. The SMILES string of the molecule is COc1ccc2c(c1)C(OC(=O)c1cc3c(C)nn(-c4ccccc4)c3s1)CC(C)(C)O2. The molecular formula is C25H24N2O4S. The summed E-state index contributed by atoms with van der Waals surface area (Å²) in [6, 6.07) is 17.4. The van der Waals surface area contributed by atoms with Gasteiger partial charge >= 0.3 is 5.97 Å². The maximum atomic E-state index is 13.2. The fourth-order valence-corrected chi connectivity index (χ4v) is 5.14. The van der Waals surface area contributed by atoms with Gasteiger partial charge in [-0.1, -0.05) is 18.2 Å². The Bertz CT molecular complexity index is 1310. The first-order chi connectivity index (χ1) is 15.3. The Hall–Kier alpha value is -3.32. The summed E-state index contributed by atoms with van der Waals surface area (Å²) in [7, 11) is 1.62. The van der Waals surface area contributed by atoms with Crippen molar-refractivity contribution in [2.24, 2.45) is 0 Å². The van der Waals surface area contributed by atoms with Crippen LogP contribution in [0.4, 0.5) is 0 Å². The van der Waals surface area contributed by atoms with Gasteiger partial charge in [-0.05, 0) is 57.2 Å². The highest BCUT2D eigenvalue weighted by Crippen LogP contribution is 2.43. The number of nitrogens with zero attached hydrogens (tertiary/aromatic N) is 2. The van der Waals surface area contributed by atoms with E-state index in [0.717, 1.165) is 27.2 Å². The van der Waals surface area contributed by atoms with Crippen LogP contribution in [-0.2, 0) is 4.74 Å². The molecule has 0 radical (unpaired) electrons. The lowest BCUT2D eigenvalue weighted by Crippen LogP contribution is -2.36. The zero-order valence-electron chi connectivity index (χ0n) is 18.4. The third-order valence-corrected chi connectivity index (χ3v) is 6.71. The largest absolute Gasteiger partial charge is 0.497 e. The molecule has 1 unspecified atom stereocenters. The molecule has 0 saturated carbocycles. The minimum absolute atomic E-state index is 0.346. The molecule has 3 heterocycles. The number of aryl methyl sites for hydroxylation is 1. The Kier molecular flexibility index (Phi) is 4.93. The van der Waals surface area contributed by atoms with Gasteiger partial charge in [0.2, 0.25) is 0 Å².